The van der Waals surface area contributed by atoms with E-state index in [2.05, 4.69) is 26.1 Å². The van der Waals surface area contributed by atoms with Gasteiger partial charge in [-0.05, 0) is 73.7 Å². The van der Waals surface area contributed by atoms with E-state index in [9.17, 15) is 22.8 Å². The van der Waals surface area contributed by atoms with Crippen molar-refractivity contribution in [2.45, 2.75) is 44.8 Å². The summed E-state index contributed by atoms with van der Waals surface area (Å²) in [7, 11) is 0. The molecule has 10 heteroatoms. The third-order valence-electron chi connectivity index (χ3n) is 6.04. The van der Waals surface area contributed by atoms with Crippen molar-refractivity contribution < 1.29 is 18.0 Å². The second-order valence-electron chi connectivity index (χ2n) is 8.64. The lowest BCUT2D eigenvalue weighted by Crippen LogP contribution is -2.28. The zero-order valence-corrected chi connectivity index (χ0v) is 18.8. The maximum absolute atomic E-state index is 13.5. The van der Waals surface area contributed by atoms with E-state index in [0.717, 1.165) is 43.6 Å². The minimum absolute atomic E-state index is 0.0531. The van der Waals surface area contributed by atoms with E-state index in [-0.39, 0.29) is 11.2 Å². The number of H-pyrrole nitrogens is 1. The van der Waals surface area contributed by atoms with Gasteiger partial charge in [-0.1, -0.05) is 6.07 Å². The molecule has 0 spiro atoms. The Labute approximate surface area is 194 Å². The average molecular weight is 473 g/mol. The highest BCUT2D eigenvalue weighted by molar-refractivity contribution is 5.92. The molecule has 2 heterocycles. The Hall–Kier alpha value is -3.40. The van der Waals surface area contributed by atoms with Crippen LogP contribution >= 0.6 is 0 Å². The highest BCUT2D eigenvalue weighted by Gasteiger charge is 2.32. The van der Waals surface area contributed by atoms with E-state index in [0.29, 0.717) is 28.1 Å². The normalized spacial score (nSPS) is 17.4. The second-order valence-corrected chi connectivity index (χ2v) is 8.64. The maximum Gasteiger partial charge on any atom is 0.416 e. The van der Waals surface area contributed by atoms with E-state index >= 15 is 0 Å². The summed E-state index contributed by atoms with van der Waals surface area (Å²) >= 11 is 0. The number of amides is 1. The number of carbonyl (C=O) groups excluding carboxylic acids is 1. The van der Waals surface area contributed by atoms with Crippen molar-refractivity contribution in [1.29, 1.82) is 0 Å². The lowest BCUT2D eigenvalue weighted by molar-refractivity contribution is -0.137. The fourth-order valence-corrected chi connectivity index (χ4v) is 4.31. The number of anilines is 2. The highest BCUT2D eigenvalue weighted by Crippen LogP contribution is 2.35. The van der Waals surface area contributed by atoms with Crippen LogP contribution in [0.15, 0.2) is 41.2 Å². The van der Waals surface area contributed by atoms with Crippen LogP contribution in [-0.4, -0.2) is 29.2 Å². The first kappa shape index (κ1) is 23.7. The molecule has 0 saturated carbocycles. The smallest absolute Gasteiger partial charge is 0.362 e. The summed E-state index contributed by atoms with van der Waals surface area (Å²) in [6.45, 7) is 4.75. The molecule has 4 rings (SSSR count). The molecule has 0 bridgehead atoms. The van der Waals surface area contributed by atoms with Crippen LogP contribution in [0.2, 0.25) is 0 Å². The molecule has 3 aromatic rings. The van der Waals surface area contributed by atoms with Gasteiger partial charge >= 0.3 is 6.18 Å². The van der Waals surface area contributed by atoms with Gasteiger partial charge in [-0.25, -0.2) is 5.10 Å². The fourth-order valence-electron chi connectivity index (χ4n) is 4.31. The van der Waals surface area contributed by atoms with Crippen molar-refractivity contribution in [1.82, 2.24) is 15.5 Å². The Bertz CT molecular complexity index is 1270. The molecule has 1 amide bonds. The molecule has 34 heavy (non-hydrogen) atoms. The van der Waals surface area contributed by atoms with Crippen LogP contribution in [0.4, 0.5) is 24.7 Å². The van der Waals surface area contributed by atoms with Gasteiger partial charge in [0, 0.05) is 24.5 Å². The standard InChI is InChI=1S/C24H26F3N5O2/c1-13(17-8-18(24(25,26)27)11-19(9-17)30-14(2)33)29-22-21-10-15(16-4-3-7-28-12-16)5-6-20(21)23(34)32-31-22/h5-6,8-11,13,16,28H,3-4,7,12H2,1-2H3,(H,29,31)(H,30,33)(H,32,34). The molecule has 1 aliphatic heterocycles. The van der Waals surface area contributed by atoms with Gasteiger partial charge in [0.1, 0.15) is 0 Å². The van der Waals surface area contributed by atoms with Gasteiger partial charge in [-0.2, -0.15) is 18.3 Å². The Morgan fingerprint density at radius 1 is 1.18 bits per heavy atom. The summed E-state index contributed by atoms with van der Waals surface area (Å²) < 4.78 is 40.4. The minimum Gasteiger partial charge on any atom is -0.362 e. The number of aromatic nitrogens is 2. The number of nitrogens with one attached hydrogen (secondary N) is 4. The zero-order chi connectivity index (χ0) is 24.5. The largest absolute Gasteiger partial charge is 0.416 e. The molecule has 1 fully saturated rings. The molecular formula is C24H26F3N5O2. The number of aromatic amines is 1. The van der Waals surface area contributed by atoms with E-state index in [1.165, 1.54) is 13.0 Å². The zero-order valence-electron chi connectivity index (χ0n) is 18.8. The highest BCUT2D eigenvalue weighted by atomic mass is 19.4. The van der Waals surface area contributed by atoms with Crippen molar-refractivity contribution in [3.63, 3.8) is 0 Å². The molecule has 2 unspecified atom stereocenters. The average Bonchev–Trinajstić information content (AvgIpc) is 2.80. The summed E-state index contributed by atoms with van der Waals surface area (Å²) in [6.07, 6.45) is -2.48. The molecule has 1 aliphatic rings. The van der Waals surface area contributed by atoms with E-state index in [1.54, 1.807) is 13.0 Å². The first-order valence-corrected chi connectivity index (χ1v) is 11.1. The molecule has 0 aliphatic carbocycles. The molecule has 0 radical (unpaired) electrons. The summed E-state index contributed by atoms with van der Waals surface area (Å²) in [5.41, 5.74) is 0.238. The number of rotatable bonds is 5. The molecular weight excluding hydrogens is 447 g/mol. The number of hydrogen-bond acceptors (Lipinski definition) is 5. The number of hydrogen-bond donors (Lipinski definition) is 4. The van der Waals surface area contributed by atoms with Gasteiger partial charge in [0.05, 0.1) is 17.0 Å². The van der Waals surface area contributed by atoms with Crippen LogP contribution in [0.25, 0.3) is 10.8 Å². The Morgan fingerprint density at radius 3 is 2.65 bits per heavy atom. The van der Waals surface area contributed by atoms with Crippen LogP contribution in [0.3, 0.4) is 0 Å². The van der Waals surface area contributed by atoms with E-state index < -0.39 is 23.7 Å². The SMILES string of the molecule is CC(=O)Nc1cc(C(C)Nc2n[nH]c(=O)c3ccc(C4CCCNC4)cc23)cc(C(F)(F)F)c1. The Morgan fingerprint density at radius 2 is 1.97 bits per heavy atom. The van der Waals surface area contributed by atoms with Gasteiger partial charge < -0.3 is 16.0 Å². The summed E-state index contributed by atoms with van der Waals surface area (Å²) in [5.74, 6) is 0.210. The molecule has 2 aromatic carbocycles. The van der Waals surface area contributed by atoms with Crippen molar-refractivity contribution >= 4 is 28.2 Å². The quantitative estimate of drug-likeness (QED) is 0.436. The van der Waals surface area contributed by atoms with Crippen LogP contribution in [0.5, 0.6) is 0 Å². The third-order valence-corrected chi connectivity index (χ3v) is 6.04. The van der Waals surface area contributed by atoms with Gasteiger partial charge in [-0.3, -0.25) is 9.59 Å². The molecule has 1 aromatic heterocycles. The van der Waals surface area contributed by atoms with Crippen LogP contribution in [0, 0.1) is 0 Å². The van der Waals surface area contributed by atoms with Crippen LogP contribution < -0.4 is 21.5 Å². The first-order valence-electron chi connectivity index (χ1n) is 11.1. The van der Waals surface area contributed by atoms with Crippen molar-refractivity contribution in [3.8, 4) is 0 Å². The minimum atomic E-state index is -4.57. The molecule has 180 valence electrons. The maximum atomic E-state index is 13.5. The molecule has 2 atom stereocenters. The lowest BCUT2D eigenvalue weighted by atomic mass is 9.90. The summed E-state index contributed by atoms with van der Waals surface area (Å²) in [5, 5.41) is 16.6. The Balaban J connectivity index is 1.71. The van der Waals surface area contributed by atoms with Crippen molar-refractivity contribution in [2.75, 3.05) is 23.7 Å². The molecule has 1 saturated heterocycles. The van der Waals surface area contributed by atoms with Gasteiger partial charge in [0.2, 0.25) is 5.91 Å². The second kappa shape index (κ2) is 9.46. The number of piperidine rings is 1. The number of halogens is 3. The molecule has 7 nitrogen and oxygen atoms in total. The van der Waals surface area contributed by atoms with Crippen LogP contribution in [-0.2, 0) is 11.0 Å². The third kappa shape index (κ3) is 5.22. The van der Waals surface area contributed by atoms with E-state index in [1.807, 2.05) is 12.1 Å². The van der Waals surface area contributed by atoms with E-state index in [4.69, 9.17) is 0 Å². The monoisotopic (exact) mass is 473 g/mol. The summed E-state index contributed by atoms with van der Waals surface area (Å²) in [6, 6.07) is 8.45. The topological polar surface area (TPSA) is 98.9 Å². The number of nitrogens with zero attached hydrogens (tertiary/aromatic N) is 1. The number of carbonyl (C=O) groups is 1. The predicted octanol–water partition coefficient (Wildman–Crippen LogP) is 4.54. The van der Waals surface area contributed by atoms with Gasteiger partial charge in [0.15, 0.2) is 5.82 Å². The fraction of sp³-hybridized carbons (Fsp3) is 0.375. The predicted molar refractivity (Wildman–Crippen MR) is 125 cm³/mol. The van der Waals surface area contributed by atoms with Crippen molar-refractivity contribution in [2.24, 2.45) is 0 Å². The molecule has 4 N–H and O–H groups in total. The first-order chi connectivity index (χ1) is 16.1. The van der Waals surface area contributed by atoms with Gasteiger partial charge in [-0.15, -0.1) is 0 Å². The van der Waals surface area contributed by atoms with Gasteiger partial charge in [0.25, 0.3) is 5.56 Å². The lowest BCUT2D eigenvalue weighted by Gasteiger charge is -2.24. The van der Waals surface area contributed by atoms with Crippen LogP contribution in [0.1, 0.15) is 55.3 Å². The number of fused-ring (bicyclic) bond motifs is 1. The summed E-state index contributed by atoms with van der Waals surface area (Å²) in [4.78, 5) is 23.8. The van der Waals surface area contributed by atoms with Crippen molar-refractivity contribution in [3.05, 3.63) is 63.4 Å². The number of benzene rings is 2. The number of alkyl halides is 3. The Kier molecular flexibility index (Phi) is 6.60.